The van der Waals surface area contributed by atoms with Crippen molar-refractivity contribution < 1.29 is 28.8 Å². The predicted molar refractivity (Wildman–Crippen MR) is 83.0 cm³/mol. The molecule has 0 spiro atoms. The zero-order valence-electron chi connectivity index (χ0n) is 12.7. The van der Waals surface area contributed by atoms with Crippen LogP contribution in [-0.4, -0.2) is 31.5 Å². The van der Waals surface area contributed by atoms with Crippen LogP contribution in [0.2, 0.25) is 0 Å². The number of hydrogen-bond acceptors (Lipinski definition) is 7. The maximum absolute atomic E-state index is 12.7. The van der Waals surface area contributed by atoms with E-state index in [4.69, 9.17) is 18.6 Å². The monoisotopic (exact) mass is 318 g/mol. The lowest BCUT2D eigenvalue weighted by Gasteiger charge is -2.14. The summed E-state index contributed by atoms with van der Waals surface area (Å²) in [4.78, 5) is 12.7. The first-order valence-corrected chi connectivity index (χ1v) is 6.63. The molecule has 7 heteroatoms. The molecule has 120 valence electrons. The third-order valence-electron chi connectivity index (χ3n) is 3.53. The first-order chi connectivity index (χ1) is 11.0. The van der Waals surface area contributed by atoms with E-state index in [1.807, 2.05) is 0 Å². The van der Waals surface area contributed by atoms with Crippen LogP contribution in [0.5, 0.6) is 28.7 Å². The third-order valence-corrected chi connectivity index (χ3v) is 3.53. The van der Waals surface area contributed by atoms with Gasteiger partial charge in [0.15, 0.2) is 11.3 Å². The molecular formula is C16H14O7. The van der Waals surface area contributed by atoms with E-state index in [-0.39, 0.29) is 44.9 Å². The molecule has 1 heterocycles. The molecule has 1 aromatic heterocycles. The largest absolute Gasteiger partial charge is 0.508 e. The standard InChI is InChI=1S/C16H14O7/c1-20-11-6-8-13(19)12-9(18)4-7(17)5-10(12)23-14(8)16(22-3)15(11)21-2/h4-6,17-18H,1-3H3. The topological polar surface area (TPSA) is 98.4 Å². The van der Waals surface area contributed by atoms with Crippen molar-refractivity contribution in [2.45, 2.75) is 0 Å². The fourth-order valence-corrected chi connectivity index (χ4v) is 2.54. The van der Waals surface area contributed by atoms with Crippen molar-refractivity contribution in [1.82, 2.24) is 0 Å². The van der Waals surface area contributed by atoms with Gasteiger partial charge in [-0.15, -0.1) is 0 Å². The number of phenols is 2. The van der Waals surface area contributed by atoms with Crippen LogP contribution in [0.1, 0.15) is 0 Å². The Kier molecular flexibility index (Phi) is 3.40. The summed E-state index contributed by atoms with van der Waals surface area (Å²) in [7, 11) is 4.27. The molecule has 0 unspecified atom stereocenters. The zero-order chi connectivity index (χ0) is 16.7. The molecule has 0 atom stereocenters. The highest BCUT2D eigenvalue weighted by atomic mass is 16.5. The zero-order valence-corrected chi connectivity index (χ0v) is 12.7. The molecule has 0 aliphatic rings. The van der Waals surface area contributed by atoms with Gasteiger partial charge in [-0.2, -0.15) is 0 Å². The number of hydrogen-bond donors (Lipinski definition) is 2. The van der Waals surface area contributed by atoms with E-state index in [1.165, 1.54) is 33.5 Å². The van der Waals surface area contributed by atoms with E-state index in [9.17, 15) is 15.0 Å². The summed E-state index contributed by atoms with van der Waals surface area (Å²) in [6, 6.07) is 3.77. The Bertz CT molecular complexity index is 972. The molecule has 3 rings (SSSR count). The highest BCUT2D eigenvalue weighted by Gasteiger charge is 2.22. The lowest BCUT2D eigenvalue weighted by Crippen LogP contribution is -2.05. The minimum absolute atomic E-state index is 0.0329. The average molecular weight is 318 g/mol. The molecular weight excluding hydrogens is 304 g/mol. The molecule has 0 radical (unpaired) electrons. The second kappa shape index (κ2) is 5.28. The van der Waals surface area contributed by atoms with Crippen molar-refractivity contribution in [3.63, 3.8) is 0 Å². The Labute approximate surface area is 130 Å². The number of rotatable bonds is 3. The van der Waals surface area contributed by atoms with Gasteiger partial charge >= 0.3 is 0 Å². The summed E-state index contributed by atoms with van der Waals surface area (Å²) in [5.74, 6) is 0.154. The highest BCUT2D eigenvalue weighted by molar-refractivity contribution is 5.97. The summed E-state index contributed by atoms with van der Waals surface area (Å²) in [6.07, 6.45) is 0. The molecule has 23 heavy (non-hydrogen) atoms. The normalized spacial score (nSPS) is 10.9. The summed E-state index contributed by atoms with van der Waals surface area (Å²) < 4.78 is 21.4. The van der Waals surface area contributed by atoms with Gasteiger partial charge in [0.2, 0.25) is 16.9 Å². The number of phenolic OH excluding ortho intramolecular Hbond substituents is 2. The maximum Gasteiger partial charge on any atom is 0.208 e. The smallest absolute Gasteiger partial charge is 0.208 e. The van der Waals surface area contributed by atoms with Crippen molar-refractivity contribution >= 4 is 21.9 Å². The molecule has 3 aromatic rings. The van der Waals surface area contributed by atoms with Crippen LogP contribution in [0.15, 0.2) is 27.4 Å². The number of methoxy groups -OCH3 is 3. The minimum Gasteiger partial charge on any atom is -0.508 e. The summed E-state index contributed by atoms with van der Waals surface area (Å²) >= 11 is 0. The Morgan fingerprint density at radius 1 is 0.957 bits per heavy atom. The van der Waals surface area contributed by atoms with Gasteiger partial charge in [-0.3, -0.25) is 4.79 Å². The summed E-state index contributed by atoms with van der Waals surface area (Å²) in [5, 5.41) is 19.6. The predicted octanol–water partition coefficient (Wildman–Crippen LogP) is 2.38. The fraction of sp³-hybridized carbons (Fsp3) is 0.188. The fourth-order valence-electron chi connectivity index (χ4n) is 2.54. The number of fused-ring (bicyclic) bond motifs is 2. The summed E-state index contributed by atoms with van der Waals surface area (Å²) in [6.45, 7) is 0. The van der Waals surface area contributed by atoms with Gasteiger partial charge in [0.1, 0.15) is 22.5 Å². The first-order valence-electron chi connectivity index (χ1n) is 6.63. The first kappa shape index (κ1) is 14.8. The van der Waals surface area contributed by atoms with E-state index in [2.05, 4.69) is 0 Å². The van der Waals surface area contributed by atoms with Crippen molar-refractivity contribution in [3.8, 4) is 28.7 Å². The van der Waals surface area contributed by atoms with Crippen LogP contribution in [0, 0.1) is 0 Å². The van der Waals surface area contributed by atoms with Crippen LogP contribution in [0.3, 0.4) is 0 Å². The van der Waals surface area contributed by atoms with E-state index in [0.717, 1.165) is 6.07 Å². The van der Waals surface area contributed by atoms with E-state index in [0.29, 0.717) is 5.75 Å². The molecule has 2 N–H and O–H groups in total. The van der Waals surface area contributed by atoms with Gasteiger partial charge in [-0.05, 0) is 6.07 Å². The second-order valence-electron chi connectivity index (χ2n) is 4.79. The second-order valence-corrected chi connectivity index (χ2v) is 4.79. The Morgan fingerprint density at radius 3 is 2.26 bits per heavy atom. The Hall–Kier alpha value is -3.09. The highest BCUT2D eigenvalue weighted by Crippen LogP contribution is 2.44. The van der Waals surface area contributed by atoms with Crippen LogP contribution < -0.4 is 19.6 Å². The molecule has 7 nitrogen and oxygen atoms in total. The molecule has 0 aliphatic heterocycles. The molecule has 0 saturated heterocycles. The van der Waals surface area contributed by atoms with Gasteiger partial charge in [0.25, 0.3) is 0 Å². The number of ether oxygens (including phenoxy) is 3. The quantitative estimate of drug-likeness (QED) is 0.715. The van der Waals surface area contributed by atoms with Crippen molar-refractivity contribution in [2.24, 2.45) is 0 Å². The Morgan fingerprint density at radius 2 is 1.65 bits per heavy atom. The van der Waals surface area contributed by atoms with Gasteiger partial charge in [0.05, 0.1) is 26.7 Å². The van der Waals surface area contributed by atoms with Crippen LogP contribution >= 0.6 is 0 Å². The van der Waals surface area contributed by atoms with E-state index in [1.54, 1.807) is 0 Å². The molecule has 0 fully saturated rings. The van der Waals surface area contributed by atoms with Gasteiger partial charge in [-0.1, -0.05) is 0 Å². The molecule has 2 aromatic carbocycles. The van der Waals surface area contributed by atoms with Crippen LogP contribution in [0.4, 0.5) is 0 Å². The maximum atomic E-state index is 12.7. The SMILES string of the molecule is COc1cc2c(=O)c3c(O)cc(O)cc3oc2c(OC)c1OC. The van der Waals surface area contributed by atoms with Crippen molar-refractivity contribution in [3.05, 3.63) is 28.4 Å². The minimum atomic E-state index is -0.474. The summed E-state index contributed by atoms with van der Waals surface area (Å²) in [5.41, 5.74) is -0.309. The van der Waals surface area contributed by atoms with Crippen molar-refractivity contribution in [2.75, 3.05) is 21.3 Å². The molecule has 0 aliphatic carbocycles. The molecule has 0 bridgehead atoms. The Balaban J connectivity index is 2.59. The van der Waals surface area contributed by atoms with Crippen LogP contribution in [0.25, 0.3) is 21.9 Å². The van der Waals surface area contributed by atoms with E-state index < -0.39 is 5.43 Å². The van der Waals surface area contributed by atoms with Gasteiger partial charge < -0.3 is 28.8 Å². The third kappa shape index (κ3) is 2.09. The van der Waals surface area contributed by atoms with Crippen molar-refractivity contribution in [1.29, 1.82) is 0 Å². The van der Waals surface area contributed by atoms with Crippen LogP contribution in [-0.2, 0) is 0 Å². The lowest BCUT2D eigenvalue weighted by molar-refractivity contribution is 0.324. The van der Waals surface area contributed by atoms with E-state index >= 15 is 0 Å². The molecule has 0 amide bonds. The number of aromatic hydroxyl groups is 2. The molecule has 0 saturated carbocycles. The number of benzene rings is 2. The average Bonchev–Trinajstić information content (AvgIpc) is 2.52. The van der Waals surface area contributed by atoms with Gasteiger partial charge in [-0.25, -0.2) is 0 Å². The lowest BCUT2D eigenvalue weighted by atomic mass is 10.1. The van der Waals surface area contributed by atoms with Gasteiger partial charge in [0, 0.05) is 12.1 Å².